The third kappa shape index (κ3) is 4.20. The van der Waals surface area contributed by atoms with Gasteiger partial charge in [0.25, 0.3) is 0 Å². The number of hydrogen-bond donors (Lipinski definition) is 0. The van der Waals surface area contributed by atoms with E-state index in [9.17, 15) is 8.42 Å². The first-order valence-corrected chi connectivity index (χ1v) is 9.28. The van der Waals surface area contributed by atoms with Crippen molar-refractivity contribution in [2.24, 2.45) is 5.92 Å². The molecule has 1 atom stereocenters. The maximum absolute atomic E-state index is 13.0. The van der Waals surface area contributed by atoms with Crippen molar-refractivity contribution in [2.75, 3.05) is 0 Å². The van der Waals surface area contributed by atoms with Crippen LogP contribution in [-0.2, 0) is 16.3 Å². The van der Waals surface area contributed by atoms with E-state index in [-0.39, 0.29) is 5.25 Å². The summed E-state index contributed by atoms with van der Waals surface area (Å²) in [5, 5.41) is -0.377. The minimum atomic E-state index is -3.31. The third-order valence-electron chi connectivity index (χ3n) is 3.83. The van der Waals surface area contributed by atoms with Crippen LogP contribution in [0.5, 0.6) is 0 Å². The lowest BCUT2D eigenvalue weighted by atomic mass is 10.0. The van der Waals surface area contributed by atoms with Crippen LogP contribution in [0.2, 0.25) is 0 Å². The Morgan fingerprint density at radius 1 is 0.909 bits per heavy atom. The van der Waals surface area contributed by atoms with Crippen LogP contribution in [-0.4, -0.2) is 13.7 Å². The Hall–Kier alpha value is -1.61. The molecule has 0 aliphatic rings. The first-order chi connectivity index (χ1) is 10.4. The molecule has 0 radical (unpaired) electrons. The summed E-state index contributed by atoms with van der Waals surface area (Å²) in [6.45, 7) is 6.11. The Kier molecular flexibility index (Phi) is 5.41. The van der Waals surface area contributed by atoms with Crippen molar-refractivity contribution in [2.45, 2.75) is 43.8 Å². The minimum absolute atomic E-state index is 0.342. The molecule has 0 aliphatic carbocycles. The van der Waals surface area contributed by atoms with Crippen LogP contribution in [0, 0.1) is 12.8 Å². The zero-order valence-electron chi connectivity index (χ0n) is 13.5. The predicted molar refractivity (Wildman–Crippen MR) is 91.8 cm³/mol. The van der Waals surface area contributed by atoms with Crippen molar-refractivity contribution in [3.63, 3.8) is 0 Å². The summed E-state index contributed by atoms with van der Waals surface area (Å²) in [7, 11) is -3.31. The van der Waals surface area contributed by atoms with E-state index in [0.29, 0.717) is 23.7 Å². The standard InChI is InChI=1S/C19H24O2S/c1-15(2)13-19(14-17-7-5-4-6-8-17)22(20,21)18-11-9-16(3)10-12-18/h4-12,15,19H,13-14H2,1-3H3. The normalized spacial score (nSPS) is 13.3. The van der Waals surface area contributed by atoms with E-state index in [2.05, 4.69) is 13.8 Å². The molecule has 0 amide bonds. The second-order valence-electron chi connectivity index (χ2n) is 6.30. The Balaban J connectivity index is 2.33. The number of rotatable bonds is 6. The van der Waals surface area contributed by atoms with Gasteiger partial charge in [-0.15, -0.1) is 0 Å². The molecule has 0 aromatic heterocycles. The van der Waals surface area contributed by atoms with E-state index >= 15 is 0 Å². The molecule has 22 heavy (non-hydrogen) atoms. The highest BCUT2D eigenvalue weighted by atomic mass is 32.2. The molecular formula is C19H24O2S. The third-order valence-corrected chi connectivity index (χ3v) is 5.99. The Morgan fingerprint density at radius 3 is 2.05 bits per heavy atom. The number of benzene rings is 2. The summed E-state index contributed by atoms with van der Waals surface area (Å²) in [4.78, 5) is 0.430. The number of hydrogen-bond acceptors (Lipinski definition) is 2. The molecule has 2 nitrogen and oxygen atoms in total. The van der Waals surface area contributed by atoms with E-state index in [4.69, 9.17) is 0 Å². The van der Waals surface area contributed by atoms with Crippen molar-refractivity contribution in [1.29, 1.82) is 0 Å². The van der Waals surface area contributed by atoms with Crippen molar-refractivity contribution in [3.8, 4) is 0 Å². The molecule has 0 heterocycles. The number of sulfone groups is 1. The second kappa shape index (κ2) is 7.10. The summed E-state index contributed by atoms with van der Waals surface area (Å²) in [6, 6.07) is 17.0. The molecule has 2 aromatic rings. The van der Waals surface area contributed by atoms with E-state index in [1.54, 1.807) is 12.1 Å². The van der Waals surface area contributed by atoms with Gasteiger partial charge in [0.1, 0.15) is 0 Å². The van der Waals surface area contributed by atoms with Crippen LogP contribution in [0.15, 0.2) is 59.5 Å². The highest BCUT2D eigenvalue weighted by Crippen LogP contribution is 2.25. The monoisotopic (exact) mass is 316 g/mol. The molecule has 0 fully saturated rings. The fraction of sp³-hybridized carbons (Fsp3) is 0.368. The number of aryl methyl sites for hydroxylation is 1. The molecule has 1 unspecified atom stereocenters. The van der Waals surface area contributed by atoms with Gasteiger partial charge in [-0.25, -0.2) is 8.42 Å². The Morgan fingerprint density at radius 2 is 1.50 bits per heavy atom. The first-order valence-electron chi connectivity index (χ1n) is 7.74. The molecule has 0 saturated heterocycles. The summed E-state index contributed by atoms with van der Waals surface area (Å²) in [6.07, 6.45) is 1.24. The van der Waals surface area contributed by atoms with Gasteiger partial charge < -0.3 is 0 Å². The summed E-state index contributed by atoms with van der Waals surface area (Å²) in [5.74, 6) is 0.342. The van der Waals surface area contributed by atoms with Crippen LogP contribution in [0.25, 0.3) is 0 Å². The molecule has 0 bridgehead atoms. The van der Waals surface area contributed by atoms with Gasteiger partial charge in [0.2, 0.25) is 0 Å². The predicted octanol–water partition coefficient (Wildman–Crippen LogP) is 4.43. The minimum Gasteiger partial charge on any atom is -0.223 e. The van der Waals surface area contributed by atoms with Crippen molar-refractivity contribution >= 4 is 9.84 Å². The van der Waals surface area contributed by atoms with Gasteiger partial charge in [-0.3, -0.25) is 0 Å². The molecule has 0 N–H and O–H groups in total. The van der Waals surface area contributed by atoms with E-state index in [1.165, 1.54) is 0 Å². The van der Waals surface area contributed by atoms with Crippen LogP contribution < -0.4 is 0 Å². The molecule has 2 aromatic carbocycles. The van der Waals surface area contributed by atoms with Crippen molar-refractivity contribution in [3.05, 3.63) is 65.7 Å². The van der Waals surface area contributed by atoms with Gasteiger partial charge in [-0.2, -0.15) is 0 Å². The Bertz CT molecular complexity index is 686. The highest BCUT2D eigenvalue weighted by molar-refractivity contribution is 7.92. The smallest absolute Gasteiger partial charge is 0.181 e. The van der Waals surface area contributed by atoms with Crippen molar-refractivity contribution in [1.82, 2.24) is 0 Å². The van der Waals surface area contributed by atoms with Gasteiger partial charge in [-0.1, -0.05) is 61.9 Å². The average Bonchev–Trinajstić information content (AvgIpc) is 2.47. The SMILES string of the molecule is Cc1ccc(S(=O)(=O)C(Cc2ccccc2)CC(C)C)cc1. The van der Waals surface area contributed by atoms with Gasteiger partial charge in [0, 0.05) is 0 Å². The zero-order chi connectivity index (χ0) is 16.2. The lowest BCUT2D eigenvalue weighted by Crippen LogP contribution is -2.26. The van der Waals surface area contributed by atoms with Gasteiger partial charge >= 0.3 is 0 Å². The van der Waals surface area contributed by atoms with E-state index in [0.717, 1.165) is 11.1 Å². The lowest BCUT2D eigenvalue weighted by molar-refractivity contribution is 0.521. The molecule has 2 rings (SSSR count). The molecule has 0 aliphatic heterocycles. The van der Waals surface area contributed by atoms with E-state index < -0.39 is 9.84 Å². The summed E-state index contributed by atoms with van der Waals surface area (Å²) < 4.78 is 26.0. The maximum atomic E-state index is 13.0. The van der Waals surface area contributed by atoms with Crippen LogP contribution >= 0.6 is 0 Å². The molecule has 0 spiro atoms. The lowest BCUT2D eigenvalue weighted by Gasteiger charge is -2.20. The highest BCUT2D eigenvalue weighted by Gasteiger charge is 2.28. The van der Waals surface area contributed by atoms with Gasteiger partial charge in [0.15, 0.2) is 9.84 Å². The van der Waals surface area contributed by atoms with Crippen LogP contribution in [0.1, 0.15) is 31.4 Å². The fourth-order valence-electron chi connectivity index (χ4n) is 2.64. The van der Waals surface area contributed by atoms with Gasteiger partial charge in [-0.05, 0) is 43.4 Å². The van der Waals surface area contributed by atoms with Gasteiger partial charge in [0.05, 0.1) is 10.1 Å². The fourth-order valence-corrected chi connectivity index (χ4v) is 4.59. The quantitative estimate of drug-likeness (QED) is 0.790. The summed E-state index contributed by atoms with van der Waals surface area (Å²) in [5.41, 5.74) is 2.14. The topological polar surface area (TPSA) is 34.1 Å². The Labute approximate surface area is 134 Å². The van der Waals surface area contributed by atoms with Crippen molar-refractivity contribution < 1.29 is 8.42 Å². The largest absolute Gasteiger partial charge is 0.223 e. The first kappa shape index (κ1) is 16.8. The average molecular weight is 316 g/mol. The van der Waals surface area contributed by atoms with E-state index in [1.807, 2.05) is 49.4 Å². The van der Waals surface area contributed by atoms with Crippen LogP contribution in [0.4, 0.5) is 0 Å². The molecule has 118 valence electrons. The van der Waals surface area contributed by atoms with Crippen LogP contribution in [0.3, 0.4) is 0 Å². The molecular weight excluding hydrogens is 292 g/mol. The molecule has 0 saturated carbocycles. The second-order valence-corrected chi connectivity index (χ2v) is 8.53. The summed E-state index contributed by atoms with van der Waals surface area (Å²) >= 11 is 0. The molecule has 3 heteroatoms. The zero-order valence-corrected chi connectivity index (χ0v) is 14.3. The maximum Gasteiger partial charge on any atom is 0.181 e.